The molecule has 0 atom stereocenters. The number of carbonyl (C=O) groups is 1. The molecule has 29 heavy (non-hydrogen) atoms. The van der Waals surface area contributed by atoms with Crippen molar-refractivity contribution in [2.45, 2.75) is 39.4 Å². The molecule has 0 radical (unpaired) electrons. The fourth-order valence-corrected chi connectivity index (χ4v) is 3.51. The number of methoxy groups -OCH3 is 1. The van der Waals surface area contributed by atoms with Crippen LogP contribution in [0.25, 0.3) is 0 Å². The Labute approximate surface area is 172 Å². The van der Waals surface area contributed by atoms with Crippen LogP contribution in [0.1, 0.15) is 36.5 Å². The Morgan fingerprint density at radius 2 is 1.62 bits per heavy atom. The largest absolute Gasteiger partial charge is 0.504 e. The maximum absolute atomic E-state index is 12.0. The summed E-state index contributed by atoms with van der Waals surface area (Å²) in [6, 6.07) is 13.3. The van der Waals surface area contributed by atoms with Crippen LogP contribution in [0, 0.1) is 5.92 Å². The third kappa shape index (κ3) is 6.39. The lowest BCUT2D eigenvalue weighted by atomic mass is 9.99. The molecule has 6 heteroatoms. The standard InChI is InChI=1S/C23H31N3O3/c1-17-9-11-26(12-10-17)16-19-5-3-18(4-6-19)14-24-23(28)25-15-20-7-8-22(29-2)21(27)13-20/h3-8,13,17,27H,9-12,14-16H2,1-2H3,(H2,24,25,28). The van der Waals surface area contributed by atoms with Crippen LogP contribution in [-0.4, -0.2) is 36.2 Å². The van der Waals surface area contributed by atoms with Crippen molar-refractivity contribution < 1.29 is 14.6 Å². The average molecular weight is 398 g/mol. The number of amides is 2. The van der Waals surface area contributed by atoms with Crippen LogP contribution in [0.15, 0.2) is 42.5 Å². The summed E-state index contributed by atoms with van der Waals surface area (Å²) in [5, 5.41) is 15.4. The maximum atomic E-state index is 12.0. The SMILES string of the molecule is COc1ccc(CNC(=O)NCc2ccc(CN3CCC(C)CC3)cc2)cc1O. The van der Waals surface area contributed by atoms with Crippen LogP contribution < -0.4 is 15.4 Å². The predicted octanol–water partition coefficient (Wildman–Crippen LogP) is 3.63. The molecule has 0 aliphatic carbocycles. The zero-order chi connectivity index (χ0) is 20.6. The van der Waals surface area contributed by atoms with E-state index in [1.165, 1.54) is 38.6 Å². The molecule has 1 aliphatic rings. The molecule has 0 bridgehead atoms. The number of likely N-dealkylation sites (tertiary alicyclic amines) is 1. The molecule has 2 aromatic carbocycles. The minimum Gasteiger partial charge on any atom is -0.504 e. The van der Waals surface area contributed by atoms with E-state index in [0.717, 1.165) is 23.6 Å². The van der Waals surface area contributed by atoms with Crippen LogP contribution in [-0.2, 0) is 19.6 Å². The number of nitrogens with zero attached hydrogens (tertiary/aromatic N) is 1. The number of aromatic hydroxyl groups is 1. The quantitative estimate of drug-likeness (QED) is 0.667. The molecule has 6 nitrogen and oxygen atoms in total. The van der Waals surface area contributed by atoms with E-state index in [2.05, 4.69) is 46.7 Å². The van der Waals surface area contributed by atoms with Gasteiger partial charge in [0.1, 0.15) is 0 Å². The molecule has 3 N–H and O–H groups in total. The van der Waals surface area contributed by atoms with E-state index in [-0.39, 0.29) is 11.8 Å². The fourth-order valence-electron chi connectivity index (χ4n) is 3.51. The molecule has 0 aromatic heterocycles. The zero-order valence-corrected chi connectivity index (χ0v) is 17.3. The number of hydrogen-bond donors (Lipinski definition) is 3. The number of piperidine rings is 1. The van der Waals surface area contributed by atoms with Gasteiger partial charge < -0.3 is 20.5 Å². The van der Waals surface area contributed by atoms with Gasteiger partial charge in [-0.15, -0.1) is 0 Å². The van der Waals surface area contributed by atoms with Gasteiger partial charge in [0.2, 0.25) is 0 Å². The van der Waals surface area contributed by atoms with Gasteiger partial charge in [-0.25, -0.2) is 4.79 Å². The molecule has 1 aliphatic heterocycles. The number of carbonyl (C=O) groups excluding carboxylic acids is 1. The number of urea groups is 1. The first-order valence-electron chi connectivity index (χ1n) is 10.2. The number of phenolic OH excluding ortho intramolecular Hbond substituents is 1. The molecule has 0 saturated carbocycles. The highest BCUT2D eigenvalue weighted by atomic mass is 16.5. The van der Waals surface area contributed by atoms with Crippen molar-refractivity contribution >= 4 is 6.03 Å². The van der Waals surface area contributed by atoms with Gasteiger partial charge in [-0.05, 0) is 60.7 Å². The van der Waals surface area contributed by atoms with Crippen LogP contribution in [0.4, 0.5) is 4.79 Å². The van der Waals surface area contributed by atoms with Crippen molar-refractivity contribution in [2.75, 3.05) is 20.2 Å². The summed E-state index contributed by atoms with van der Waals surface area (Å²) < 4.78 is 5.02. The summed E-state index contributed by atoms with van der Waals surface area (Å²) in [6.07, 6.45) is 2.57. The van der Waals surface area contributed by atoms with Crippen molar-refractivity contribution in [1.82, 2.24) is 15.5 Å². The Kier molecular flexibility index (Phi) is 7.36. The van der Waals surface area contributed by atoms with E-state index in [0.29, 0.717) is 18.8 Å². The number of nitrogens with one attached hydrogen (secondary N) is 2. The average Bonchev–Trinajstić information content (AvgIpc) is 2.73. The number of benzene rings is 2. The van der Waals surface area contributed by atoms with Crippen molar-refractivity contribution in [3.8, 4) is 11.5 Å². The Balaban J connectivity index is 1.40. The summed E-state index contributed by atoms with van der Waals surface area (Å²) >= 11 is 0. The molecule has 1 saturated heterocycles. The molecule has 3 rings (SSSR count). The van der Waals surface area contributed by atoms with Crippen LogP contribution in [0.5, 0.6) is 11.5 Å². The minimum absolute atomic E-state index is 0.0614. The monoisotopic (exact) mass is 397 g/mol. The Morgan fingerprint density at radius 3 is 2.24 bits per heavy atom. The summed E-state index contributed by atoms with van der Waals surface area (Å²) in [5.74, 6) is 1.32. The summed E-state index contributed by atoms with van der Waals surface area (Å²) in [4.78, 5) is 14.5. The Bertz CT molecular complexity index is 800. The molecule has 2 aromatic rings. The molecular formula is C23H31N3O3. The van der Waals surface area contributed by atoms with Gasteiger partial charge >= 0.3 is 6.03 Å². The molecule has 2 amide bonds. The molecular weight excluding hydrogens is 366 g/mol. The van der Waals surface area contributed by atoms with E-state index >= 15 is 0 Å². The lowest BCUT2D eigenvalue weighted by Crippen LogP contribution is -2.34. The zero-order valence-electron chi connectivity index (χ0n) is 17.3. The second kappa shape index (κ2) is 10.2. The van der Waals surface area contributed by atoms with Gasteiger partial charge in [-0.2, -0.15) is 0 Å². The molecule has 156 valence electrons. The number of hydrogen-bond acceptors (Lipinski definition) is 4. The smallest absolute Gasteiger partial charge is 0.315 e. The highest BCUT2D eigenvalue weighted by molar-refractivity contribution is 5.73. The van der Waals surface area contributed by atoms with Crippen molar-refractivity contribution in [3.05, 3.63) is 59.2 Å². The van der Waals surface area contributed by atoms with E-state index in [1.807, 2.05) is 0 Å². The Hall–Kier alpha value is -2.73. The van der Waals surface area contributed by atoms with E-state index in [1.54, 1.807) is 18.2 Å². The van der Waals surface area contributed by atoms with Gasteiger partial charge in [0, 0.05) is 19.6 Å². The van der Waals surface area contributed by atoms with Crippen molar-refractivity contribution in [3.63, 3.8) is 0 Å². The van der Waals surface area contributed by atoms with Gasteiger partial charge in [0.25, 0.3) is 0 Å². The third-order valence-corrected chi connectivity index (χ3v) is 5.45. The van der Waals surface area contributed by atoms with Crippen LogP contribution >= 0.6 is 0 Å². The van der Waals surface area contributed by atoms with E-state index in [9.17, 15) is 9.90 Å². The number of rotatable bonds is 7. The molecule has 1 heterocycles. The molecule has 0 spiro atoms. The van der Waals surface area contributed by atoms with Crippen molar-refractivity contribution in [1.29, 1.82) is 0 Å². The highest BCUT2D eigenvalue weighted by Crippen LogP contribution is 2.26. The highest BCUT2D eigenvalue weighted by Gasteiger charge is 2.15. The Morgan fingerprint density at radius 1 is 1.03 bits per heavy atom. The van der Waals surface area contributed by atoms with Gasteiger partial charge in [-0.3, -0.25) is 4.90 Å². The lowest BCUT2D eigenvalue weighted by Gasteiger charge is -2.30. The van der Waals surface area contributed by atoms with E-state index in [4.69, 9.17) is 4.74 Å². The predicted molar refractivity (Wildman–Crippen MR) is 114 cm³/mol. The number of phenols is 1. The van der Waals surface area contributed by atoms with Crippen molar-refractivity contribution in [2.24, 2.45) is 5.92 Å². The van der Waals surface area contributed by atoms with Crippen LogP contribution in [0.2, 0.25) is 0 Å². The maximum Gasteiger partial charge on any atom is 0.315 e. The van der Waals surface area contributed by atoms with Crippen LogP contribution in [0.3, 0.4) is 0 Å². The summed E-state index contributed by atoms with van der Waals surface area (Å²) in [7, 11) is 1.50. The third-order valence-electron chi connectivity index (χ3n) is 5.45. The first-order chi connectivity index (χ1) is 14.0. The second-order valence-electron chi connectivity index (χ2n) is 7.82. The normalized spacial score (nSPS) is 15.1. The number of ether oxygens (including phenoxy) is 1. The fraction of sp³-hybridized carbons (Fsp3) is 0.435. The first kappa shape index (κ1) is 21.0. The summed E-state index contributed by atoms with van der Waals surface area (Å²) in [6.45, 7) is 6.48. The summed E-state index contributed by atoms with van der Waals surface area (Å²) in [5.41, 5.74) is 3.18. The second-order valence-corrected chi connectivity index (χ2v) is 7.82. The molecule has 1 fully saturated rings. The lowest BCUT2D eigenvalue weighted by molar-refractivity contribution is 0.185. The molecule has 0 unspecified atom stereocenters. The van der Waals surface area contributed by atoms with E-state index < -0.39 is 0 Å². The van der Waals surface area contributed by atoms with Gasteiger partial charge in [0.05, 0.1) is 7.11 Å². The topological polar surface area (TPSA) is 73.8 Å². The van der Waals surface area contributed by atoms with Gasteiger partial charge in [-0.1, -0.05) is 37.3 Å². The first-order valence-corrected chi connectivity index (χ1v) is 10.2. The minimum atomic E-state index is -0.244. The van der Waals surface area contributed by atoms with Gasteiger partial charge in [0.15, 0.2) is 11.5 Å².